The number of nitrogens with zero attached hydrogens (tertiary/aromatic N) is 1. The second-order valence-corrected chi connectivity index (χ2v) is 6.90. The number of piperidine rings is 1. The van der Waals surface area contributed by atoms with E-state index in [-0.39, 0.29) is 0 Å². The number of nitrogens with one attached hydrogen (secondary N) is 1. The third-order valence-electron chi connectivity index (χ3n) is 4.94. The van der Waals surface area contributed by atoms with Crippen molar-refractivity contribution in [3.8, 4) is 0 Å². The molecule has 2 N–H and O–H groups in total. The third-order valence-corrected chi connectivity index (χ3v) is 4.94. The molecule has 0 aromatic heterocycles. The van der Waals surface area contributed by atoms with Crippen LogP contribution in [-0.4, -0.2) is 29.7 Å². The number of likely N-dealkylation sites (tertiary alicyclic amines) is 1. The van der Waals surface area contributed by atoms with Crippen molar-refractivity contribution in [3.05, 3.63) is 65.2 Å². The molecular formula is C21H28N2O. The van der Waals surface area contributed by atoms with Gasteiger partial charge < -0.3 is 10.4 Å². The van der Waals surface area contributed by atoms with Crippen LogP contribution >= 0.6 is 0 Å². The minimum absolute atomic E-state index is 0.336. The number of para-hydroxylation sites is 1. The first-order chi connectivity index (χ1) is 11.7. The molecule has 0 atom stereocenters. The van der Waals surface area contributed by atoms with E-state index in [2.05, 4.69) is 65.7 Å². The molecule has 3 rings (SSSR count). The number of benzene rings is 2. The van der Waals surface area contributed by atoms with Gasteiger partial charge in [-0.2, -0.15) is 0 Å². The molecule has 2 aromatic rings. The Balaban J connectivity index is 1.61. The topological polar surface area (TPSA) is 35.5 Å². The fourth-order valence-electron chi connectivity index (χ4n) is 3.42. The maximum atomic E-state index is 9.28. The first-order valence-electron chi connectivity index (χ1n) is 8.95. The number of aryl methyl sites for hydroxylation is 1. The number of anilines is 1. The summed E-state index contributed by atoms with van der Waals surface area (Å²) in [5.41, 5.74) is 5.19. The number of aliphatic hydroxyl groups is 1. The summed E-state index contributed by atoms with van der Waals surface area (Å²) in [7, 11) is 0. The molecule has 2 aromatic carbocycles. The van der Waals surface area contributed by atoms with E-state index < -0.39 is 0 Å². The zero-order valence-corrected chi connectivity index (χ0v) is 14.5. The molecule has 0 amide bonds. The van der Waals surface area contributed by atoms with Gasteiger partial charge in [-0.3, -0.25) is 4.90 Å². The van der Waals surface area contributed by atoms with Crippen LogP contribution in [0.1, 0.15) is 29.5 Å². The lowest BCUT2D eigenvalue weighted by Gasteiger charge is -2.31. The predicted octanol–water partition coefficient (Wildman–Crippen LogP) is 3.81. The molecule has 0 unspecified atom stereocenters. The maximum Gasteiger partial charge on any atom is 0.0460 e. The number of rotatable bonds is 6. The van der Waals surface area contributed by atoms with Crippen molar-refractivity contribution >= 4 is 5.69 Å². The minimum atomic E-state index is 0.336. The van der Waals surface area contributed by atoms with Crippen LogP contribution in [-0.2, 0) is 13.1 Å². The van der Waals surface area contributed by atoms with Crippen LogP contribution in [0.25, 0.3) is 0 Å². The molecule has 0 bridgehead atoms. The average Bonchev–Trinajstić information content (AvgIpc) is 2.62. The van der Waals surface area contributed by atoms with Gasteiger partial charge >= 0.3 is 0 Å². The van der Waals surface area contributed by atoms with Crippen molar-refractivity contribution in [3.63, 3.8) is 0 Å². The highest BCUT2D eigenvalue weighted by molar-refractivity contribution is 5.51. The van der Waals surface area contributed by atoms with Crippen molar-refractivity contribution in [2.75, 3.05) is 25.0 Å². The van der Waals surface area contributed by atoms with E-state index in [9.17, 15) is 5.11 Å². The molecule has 128 valence electrons. The standard InChI is InChI=1S/C21H28N2O/c1-17-5-4-6-19(13-17)14-22-21-8-3-2-7-20(21)15-23-11-9-18(16-24)10-12-23/h2-8,13,18,22,24H,9-12,14-16H2,1H3. The highest BCUT2D eigenvalue weighted by Crippen LogP contribution is 2.22. The quantitative estimate of drug-likeness (QED) is 0.848. The highest BCUT2D eigenvalue weighted by Gasteiger charge is 2.19. The van der Waals surface area contributed by atoms with E-state index in [1.54, 1.807) is 0 Å². The highest BCUT2D eigenvalue weighted by atomic mass is 16.3. The van der Waals surface area contributed by atoms with Crippen LogP contribution in [0.5, 0.6) is 0 Å². The molecule has 0 aliphatic carbocycles. The van der Waals surface area contributed by atoms with Gasteiger partial charge in [-0.15, -0.1) is 0 Å². The van der Waals surface area contributed by atoms with Gasteiger partial charge in [0, 0.05) is 25.4 Å². The zero-order chi connectivity index (χ0) is 16.8. The summed E-state index contributed by atoms with van der Waals surface area (Å²) in [6.45, 7) is 6.46. The Bertz CT molecular complexity index is 648. The second kappa shape index (κ2) is 8.32. The van der Waals surface area contributed by atoms with E-state index in [1.807, 2.05) is 0 Å². The van der Waals surface area contributed by atoms with Gasteiger partial charge in [0.2, 0.25) is 0 Å². The maximum absolute atomic E-state index is 9.28. The van der Waals surface area contributed by atoms with Crippen LogP contribution in [0.3, 0.4) is 0 Å². The van der Waals surface area contributed by atoms with Crippen LogP contribution in [0.4, 0.5) is 5.69 Å². The molecule has 3 heteroatoms. The van der Waals surface area contributed by atoms with Crippen LogP contribution in [0, 0.1) is 12.8 Å². The lowest BCUT2D eigenvalue weighted by Crippen LogP contribution is -2.34. The SMILES string of the molecule is Cc1cccc(CNc2ccccc2CN2CCC(CO)CC2)c1. The Morgan fingerprint density at radius 1 is 1.08 bits per heavy atom. The number of hydrogen-bond acceptors (Lipinski definition) is 3. The summed E-state index contributed by atoms with van der Waals surface area (Å²) in [6.07, 6.45) is 2.21. The summed E-state index contributed by atoms with van der Waals surface area (Å²) < 4.78 is 0. The molecule has 3 nitrogen and oxygen atoms in total. The van der Waals surface area contributed by atoms with Crippen molar-refractivity contribution in [1.29, 1.82) is 0 Å². The smallest absolute Gasteiger partial charge is 0.0460 e. The molecule has 1 fully saturated rings. The Kier molecular flexibility index (Phi) is 5.89. The van der Waals surface area contributed by atoms with Crippen molar-refractivity contribution in [2.45, 2.75) is 32.9 Å². The van der Waals surface area contributed by atoms with E-state index in [4.69, 9.17) is 0 Å². The van der Waals surface area contributed by atoms with Gasteiger partial charge in [0.25, 0.3) is 0 Å². The molecule has 1 aliphatic heterocycles. The summed E-state index contributed by atoms with van der Waals surface area (Å²) in [5.74, 6) is 0.496. The third kappa shape index (κ3) is 4.59. The Morgan fingerprint density at radius 3 is 2.62 bits per heavy atom. The second-order valence-electron chi connectivity index (χ2n) is 6.90. The van der Waals surface area contributed by atoms with Gasteiger partial charge in [-0.25, -0.2) is 0 Å². The number of hydrogen-bond donors (Lipinski definition) is 2. The summed E-state index contributed by atoms with van der Waals surface area (Å²) in [6, 6.07) is 17.3. The lowest BCUT2D eigenvalue weighted by molar-refractivity contribution is 0.127. The average molecular weight is 324 g/mol. The molecular weight excluding hydrogens is 296 g/mol. The Labute approximate surface area is 145 Å². The minimum Gasteiger partial charge on any atom is -0.396 e. The molecule has 1 heterocycles. The predicted molar refractivity (Wildman–Crippen MR) is 100 cm³/mol. The fourth-order valence-corrected chi connectivity index (χ4v) is 3.42. The molecule has 0 spiro atoms. The molecule has 1 saturated heterocycles. The van der Waals surface area contributed by atoms with Gasteiger partial charge in [-0.05, 0) is 56.0 Å². The lowest BCUT2D eigenvalue weighted by atomic mass is 9.97. The summed E-state index contributed by atoms with van der Waals surface area (Å²) >= 11 is 0. The monoisotopic (exact) mass is 324 g/mol. The fraction of sp³-hybridized carbons (Fsp3) is 0.429. The van der Waals surface area contributed by atoms with Crippen molar-refractivity contribution < 1.29 is 5.11 Å². The molecule has 1 aliphatic rings. The Morgan fingerprint density at radius 2 is 1.88 bits per heavy atom. The van der Waals surface area contributed by atoms with Crippen molar-refractivity contribution in [1.82, 2.24) is 4.90 Å². The van der Waals surface area contributed by atoms with E-state index in [0.29, 0.717) is 12.5 Å². The van der Waals surface area contributed by atoms with Crippen molar-refractivity contribution in [2.24, 2.45) is 5.92 Å². The van der Waals surface area contributed by atoms with Crippen LogP contribution in [0.2, 0.25) is 0 Å². The summed E-state index contributed by atoms with van der Waals surface area (Å²) in [5, 5.41) is 12.9. The normalized spacial score (nSPS) is 16.2. The van der Waals surface area contributed by atoms with Crippen LogP contribution in [0.15, 0.2) is 48.5 Å². The van der Waals surface area contributed by atoms with Gasteiger partial charge in [0.1, 0.15) is 0 Å². The van der Waals surface area contributed by atoms with Crippen LogP contribution < -0.4 is 5.32 Å². The van der Waals surface area contributed by atoms with Gasteiger partial charge in [0.15, 0.2) is 0 Å². The van der Waals surface area contributed by atoms with E-state index >= 15 is 0 Å². The summed E-state index contributed by atoms with van der Waals surface area (Å²) in [4.78, 5) is 2.50. The first-order valence-corrected chi connectivity index (χ1v) is 8.95. The zero-order valence-electron chi connectivity index (χ0n) is 14.5. The van der Waals surface area contributed by atoms with E-state index in [0.717, 1.165) is 39.0 Å². The largest absolute Gasteiger partial charge is 0.396 e. The van der Waals surface area contributed by atoms with Gasteiger partial charge in [0.05, 0.1) is 0 Å². The van der Waals surface area contributed by atoms with E-state index in [1.165, 1.54) is 22.4 Å². The molecule has 0 saturated carbocycles. The molecule has 24 heavy (non-hydrogen) atoms. The first kappa shape index (κ1) is 17.0. The number of aliphatic hydroxyl groups excluding tert-OH is 1. The Hall–Kier alpha value is -1.84. The van der Waals surface area contributed by atoms with Gasteiger partial charge in [-0.1, -0.05) is 48.0 Å². The molecule has 0 radical (unpaired) electrons.